The molecule has 0 aromatic carbocycles. The van der Waals surface area contributed by atoms with Crippen molar-refractivity contribution in [3.05, 3.63) is 0 Å². The maximum absolute atomic E-state index is 11.5. The highest BCUT2D eigenvalue weighted by Gasteiger charge is 2.18. The molecule has 3 heteroatoms. The van der Waals surface area contributed by atoms with Crippen LogP contribution in [-0.2, 0) is 14.3 Å². The van der Waals surface area contributed by atoms with E-state index in [1.165, 1.54) is 12.8 Å². The number of carbonyl (C=O) groups excluding carboxylic acids is 2. The predicted molar refractivity (Wildman–Crippen MR) is 68.5 cm³/mol. The van der Waals surface area contributed by atoms with Crippen molar-refractivity contribution >= 4 is 11.9 Å². The summed E-state index contributed by atoms with van der Waals surface area (Å²) in [7, 11) is 0. The smallest absolute Gasteiger partial charge is 0.316 e. The fourth-order valence-electron chi connectivity index (χ4n) is 1.74. The summed E-state index contributed by atoms with van der Waals surface area (Å²) in [4.78, 5) is 22.9. The van der Waals surface area contributed by atoms with Gasteiger partial charge in [-0.15, -0.1) is 0 Å². The number of carbonyl (C=O) groups is 2. The van der Waals surface area contributed by atoms with Crippen LogP contribution in [0.5, 0.6) is 0 Å². The van der Waals surface area contributed by atoms with Gasteiger partial charge in [0.1, 0.15) is 0 Å². The lowest BCUT2D eigenvalue weighted by atomic mass is 10.0. The Morgan fingerprint density at radius 3 is 2.06 bits per heavy atom. The topological polar surface area (TPSA) is 43.4 Å². The summed E-state index contributed by atoms with van der Waals surface area (Å²) >= 11 is 0. The molecule has 0 rings (SSSR count). The molecule has 0 N–H and O–H groups in total. The van der Waals surface area contributed by atoms with Gasteiger partial charge >= 0.3 is 11.9 Å². The monoisotopic (exact) mass is 242 g/mol. The first-order valence-electron chi connectivity index (χ1n) is 6.90. The van der Waals surface area contributed by atoms with E-state index in [1.807, 2.05) is 13.8 Å². The molecule has 0 saturated heterocycles. The van der Waals surface area contributed by atoms with Crippen molar-refractivity contribution in [1.82, 2.24) is 0 Å². The van der Waals surface area contributed by atoms with Gasteiger partial charge in [-0.3, -0.25) is 9.59 Å². The highest BCUT2D eigenvalue weighted by atomic mass is 16.6. The summed E-state index contributed by atoms with van der Waals surface area (Å²) < 4.78 is 4.82. The lowest BCUT2D eigenvalue weighted by Gasteiger charge is -2.10. The Labute approximate surface area is 105 Å². The number of esters is 2. The average molecular weight is 242 g/mol. The highest BCUT2D eigenvalue weighted by molar-refractivity contribution is 5.86. The fourth-order valence-corrected chi connectivity index (χ4v) is 1.74. The Balaban J connectivity index is 3.67. The molecule has 0 fully saturated rings. The van der Waals surface area contributed by atoms with Gasteiger partial charge < -0.3 is 4.74 Å². The van der Waals surface area contributed by atoms with Crippen molar-refractivity contribution in [2.45, 2.75) is 72.1 Å². The average Bonchev–Trinajstić information content (AvgIpc) is 2.30. The molecule has 0 radical (unpaired) electrons. The van der Waals surface area contributed by atoms with E-state index in [1.54, 1.807) is 0 Å². The SMILES string of the molecule is CCCCCCCC(=O)OC(=O)C(CC)CC. The third-order valence-corrected chi connectivity index (χ3v) is 3.02. The maximum atomic E-state index is 11.5. The zero-order valence-electron chi connectivity index (χ0n) is 11.5. The van der Waals surface area contributed by atoms with Crippen molar-refractivity contribution in [2.75, 3.05) is 0 Å². The third-order valence-electron chi connectivity index (χ3n) is 3.02. The van der Waals surface area contributed by atoms with Crippen molar-refractivity contribution in [2.24, 2.45) is 5.92 Å². The minimum Gasteiger partial charge on any atom is -0.393 e. The molecule has 0 heterocycles. The molecule has 0 aliphatic rings. The number of unbranched alkanes of at least 4 members (excludes halogenated alkanes) is 4. The van der Waals surface area contributed by atoms with E-state index in [4.69, 9.17) is 4.74 Å². The van der Waals surface area contributed by atoms with Crippen LogP contribution in [0, 0.1) is 5.92 Å². The van der Waals surface area contributed by atoms with Gasteiger partial charge in [-0.2, -0.15) is 0 Å². The molecular weight excluding hydrogens is 216 g/mol. The molecule has 0 spiro atoms. The van der Waals surface area contributed by atoms with Crippen LogP contribution in [0.2, 0.25) is 0 Å². The molecule has 0 atom stereocenters. The minimum absolute atomic E-state index is 0.126. The molecule has 0 bridgehead atoms. The second-order valence-corrected chi connectivity index (χ2v) is 4.47. The number of rotatable bonds is 9. The van der Waals surface area contributed by atoms with E-state index in [2.05, 4.69) is 6.92 Å². The number of hydrogen-bond donors (Lipinski definition) is 0. The summed E-state index contributed by atoms with van der Waals surface area (Å²) in [6.07, 6.45) is 7.27. The van der Waals surface area contributed by atoms with E-state index in [-0.39, 0.29) is 17.9 Å². The van der Waals surface area contributed by atoms with Crippen LogP contribution in [-0.4, -0.2) is 11.9 Å². The normalized spacial score (nSPS) is 10.6. The first-order chi connectivity index (χ1) is 8.15. The van der Waals surface area contributed by atoms with Crippen molar-refractivity contribution in [1.29, 1.82) is 0 Å². The van der Waals surface area contributed by atoms with E-state index in [9.17, 15) is 9.59 Å². The summed E-state index contributed by atoms with van der Waals surface area (Å²) in [6.45, 7) is 6.03. The van der Waals surface area contributed by atoms with Gasteiger partial charge in [-0.1, -0.05) is 46.5 Å². The molecule has 100 valence electrons. The lowest BCUT2D eigenvalue weighted by Crippen LogP contribution is -2.20. The highest BCUT2D eigenvalue weighted by Crippen LogP contribution is 2.11. The lowest BCUT2D eigenvalue weighted by molar-refractivity contribution is -0.162. The Morgan fingerprint density at radius 2 is 1.53 bits per heavy atom. The van der Waals surface area contributed by atoms with E-state index < -0.39 is 0 Å². The van der Waals surface area contributed by atoms with Crippen LogP contribution in [0.15, 0.2) is 0 Å². The van der Waals surface area contributed by atoms with Crippen LogP contribution >= 0.6 is 0 Å². The van der Waals surface area contributed by atoms with Crippen LogP contribution in [0.4, 0.5) is 0 Å². The Hall–Kier alpha value is -0.860. The summed E-state index contributed by atoms with van der Waals surface area (Å²) in [6, 6.07) is 0. The van der Waals surface area contributed by atoms with Gasteiger partial charge in [0.2, 0.25) is 0 Å². The van der Waals surface area contributed by atoms with Gasteiger partial charge in [0.25, 0.3) is 0 Å². The summed E-state index contributed by atoms with van der Waals surface area (Å²) in [5, 5.41) is 0. The second kappa shape index (κ2) is 10.3. The van der Waals surface area contributed by atoms with E-state index >= 15 is 0 Å². The minimum atomic E-state index is -0.363. The zero-order valence-corrected chi connectivity index (χ0v) is 11.5. The number of hydrogen-bond acceptors (Lipinski definition) is 3. The number of ether oxygens (including phenoxy) is 1. The molecule has 0 unspecified atom stereocenters. The Bertz CT molecular complexity index is 220. The second-order valence-electron chi connectivity index (χ2n) is 4.47. The van der Waals surface area contributed by atoms with Crippen molar-refractivity contribution in [3.63, 3.8) is 0 Å². The largest absolute Gasteiger partial charge is 0.393 e. The fraction of sp³-hybridized carbons (Fsp3) is 0.857. The first kappa shape index (κ1) is 16.1. The standard InChI is InChI=1S/C14H26O3/c1-4-7-8-9-10-11-13(15)17-14(16)12(5-2)6-3/h12H,4-11H2,1-3H3. The predicted octanol–water partition coefficient (Wildman–Crippen LogP) is 3.85. The van der Waals surface area contributed by atoms with Gasteiger partial charge in [0, 0.05) is 6.42 Å². The van der Waals surface area contributed by atoms with Crippen LogP contribution in [0.25, 0.3) is 0 Å². The molecule has 0 amide bonds. The summed E-state index contributed by atoms with van der Waals surface area (Å²) in [5.74, 6) is -0.842. The van der Waals surface area contributed by atoms with E-state index in [0.29, 0.717) is 6.42 Å². The Morgan fingerprint density at radius 1 is 0.941 bits per heavy atom. The molecule has 3 nitrogen and oxygen atoms in total. The molecular formula is C14H26O3. The molecule has 0 aliphatic carbocycles. The molecule has 17 heavy (non-hydrogen) atoms. The molecule has 0 aromatic heterocycles. The quantitative estimate of drug-likeness (QED) is 0.350. The van der Waals surface area contributed by atoms with Gasteiger partial charge in [-0.25, -0.2) is 0 Å². The van der Waals surface area contributed by atoms with Crippen molar-refractivity contribution < 1.29 is 14.3 Å². The van der Waals surface area contributed by atoms with Crippen LogP contribution in [0.1, 0.15) is 72.1 Å². The van der Waals surface area contributed by atoms with Crippen LogP contribution in [0.3, 0.4) is 0 Å². The molecule has 0 aliphatic heterocycles. The zero-order chi connectivity index (χ0) is 13.1. The van der Waals surface area contributed by atoms with Gasteiger partial charge in [0.05, 0.1) is 5.92 Å². The van der Waals surface area contributed by atoms with Gasteiger partial charge in [-0.05, 0) is 19.3 Å². The molecule has 0 aromatic rings. The summed E-state index contributed by atoms with van der Waals surface area (Å²) in [5.41, 5.74) is 0. The van der Waals surface area contributed by atoms with E-state index in [0.717, 1.165) is 32.1 Å². The maximum Gasteiger partial charge on any atom is 0.316 e. The first-order valence-corrected chi connectivity index (χ1v) is 6.90. The van der Waals surface area contributed by atoms with Crippen molar-refractivity contribution in [3.8, 4) is 0 Å². The third kappa shape index (κ3) is 7.94. The Kier molecular flexibility index (Phi) is 9.78. The molecule has 0 saturated carbocycles. The van der Waals surface area contributed by atoms with Gasteiger partial charge in [0.15, 0.2) is 0 Å². The van der Waals surface area contributed by atoms with Crippen LogP contribution < -0.4 is 0 Å².